The van der Waals surface area contributed by atoms with Crippen molar-refractivity contribution in [2.24, 2.45) is 5.92 Å². The number of hydrogen-bond donors (Lipinski definition) is 0. The summed E-state index contributed by atoms with van der Waals surface area (Å²) in [6.45, 7) is 1.15. The Morgan fingerprint density at radius 1 is 1.10 bits per heavy atom. The van der Waals surface area contributed by atoms with Crippen LogP contribution in [-0.2, 0) is 0 Å². The van der Waals surface area contributed by atoms with Crippen molar-refractivity contribution >= 4 is 0 Å². The molecule has 1 saturated heterocycles. The molecule has 10 heavy (non-hydrogen) atoms. The van der Waals surface area contributed by atoms with Crippen molar-refractivity contribution in [3.05, 3.63) is 0 Å². The van der Waals surface area contributed by atoms with Gasteiger partial charge in [0.05, 0.1) is 0 Å². The highest BCUT2D eigenvalue weighted by Crippen LogP contribution is 2.32. The largest absolute Gasteiger partial charge is 0.238 e. The third kappa shape index (κ3) is 1.34. The summed E-state index contributed by atoms with van der Waals surface area (Å²) in [5, 5.41) is 4.56. The summed E-state index contributed by atoms with van der Waals surface area (Å²) in [6, 6.07) is 0.769. The van der Waals surface area contributed by atoms with Gasteiger partial charge in [0.2, 0.25) is 0 Å². The molecule has 1 nitrogen and oxygen atoms in total. The van der Waals surface area contributed by atoms with E-state index in [-0.39, 0.29) is 0 Å². The van der Waals surface area contributed by atoms with E-state index in [0.29, 0.717) is 0 Å². The standard InChI is InChI=1S/C9H16N/c1-3-8(4-1)7-9-5-2-6-10-9/h8-9H,1-7H2. The van der Waals surface area contributed by atoms with Crippen LogP contribution in [0, 0.1) is 5.92 Å². The van der Waals surface area contributed by atoms with Gasteiger partial charge in [-0.05, 0) is 25.2 Å². The first-order chi connectivity index (χ1) is 4.95. The second-order valence-electron chi connectivity index (χ2n) is 3.73. The maximum atomic E-state index is 4.56. The van der Waals surface area contributed by atoms with Gasteiger partial charge in [-0.2, -0.15) is 0 Å². The van der Waals surface area contributed by atoms with Gasteiger partial charge in [0.1, 0.15) is 0 Å². The molecule has 2 fully saturated rings. The van der Waals surface area contributed by atoms with Crippen molar-refractivity contribution in [2.75, 3.05) is 6.54 Å². The molecular weight excluding hydrogens is 122 g/mol. The zero-order chi connectivity index (χ0) is 6.81. The molecule has 0 aromatic carbocycles. The first-order valence-corrected chi connectivity index (χ1v) is 4.62. The van der Waals surface area contributed by atoms with Crippen molar-refractivity contribution in [1.82, 2.24) is 5.32 Å². The maximum Gasteiger partial charge on any atom is 0.0249 e. The average molecular weight is 138 g/mol. The normalized spacial score (nSPS) is 34.2. The number of rotatable bonds is 2. The minimum absolute atomic E-state index is 0.769. The Morgan fingerprint density at radius 3 is 2.50 bits per heavy atom. The van der Waals surface area contributed by atoms with E-state index in [2.05, 4.69) is 5.32 Å². The van der Waals surface area contributed by atoms with Crippen LogP contribution in [0.3, 0.4) is 0 Å². The Labute approximate surface area is 63.2 Å². The van der Waals surface area contributed by atoms with Crippen LogP contribution in [0.15, 0.2) is 0 Å². The first-order valence-electron chi connectivity index (χ1n) is 4.62. The Kier molecular flexibility index (Phi) is 1.94. The fraction of sp³-hybridized carbons (Fsp3) is 1.00. The molecule has 0 aromatic rings. The predicted octanol–water partition coefficient (Wildman–Crippen LogP) is 1.94. The fourth-order valence-corrected chi connectivity index (χ4v) is 2.00. The lowest BCUT2D eigenvalue weighted by Crippen LogP contribution is -2.22. The average Bonchev–Trinajstić information content (AvgIpc) is 2.29. The molecule has 1 unspecified atom stereocenters. The molecule has 2 aliphatic rings. The van der Waals surface area contributed by atoms with Crippen molar-refractivity contribution in [3.63, 3.8) is 0 Å². The lowest BCUT2D eigenvalue weighted by molar-refractivity contribution is 0.267. The highest BCUT2D eigenvalue weighted by atomic mass is 14.9. The minimum Gasteiger partial charge on any atom is -0.238 e. The van der Waals surface area contributed by atoms with Crippen molar-refractivity contribution in [1.29, 1.82) is 0 Å². The molecule has 57 valence electrons. The van der Waals surface area contributed by atoms with Crippen LogP contribution in [0.1, 0.15) is 38.5 Å². The summed E-state index contributed by atoms with van der Waals surface area (Å²) in [5.74, 6) is 1.06. The lowest BCUT2D eigenvalue weighted by Gasteiger charge is -2.27. The third-order valence-electron chi connectivity index (χ3n) is 2.91. The molecule has 0 N–H and O–H groups in total. The number of nitrogens with zero attached hydrogens (tertiary/aromatic N) is 1. The fourth-order valence-electron chi connectivity index (χ4n) is 2.00. The van der Waals surface area contributed by atoms with E-state index in [9.17, 15) is 0 Å². The topological polar surface area (TPSA) is 14.1 Å². The van der Waals surface area contributed by atoms with E-state index < -0.39 is 0 Å². The molecule has 0 aromatic heterocycles. The Morgan fingerprint density at radius 2 is 2.00 bits per heavy atom. The predicted molar refractivity (Wildman–Crippen MR) is 42.0 cm³/mol. The smallest absolute Gasteiger partial charge is 0.0249 e. The Balaban J connectivity index is 1.68. The monoisotopic (exact) mass is 138 g/mol. The SMILES string of the molecule is C1CC(CC2CCC[N]2)C1. The highest BCUT2D eigenvalue weighted by molar-refractivity contribution is 4.80. The van der Waals surface area contributed by atoms with Crippen LogP contribution in [0.5, 0.6) is 0 Å². The second-order valence-corrected chi connectivity index (χ2v) is 3.73. The Hall–Kier alpha value is -0.0400. The van der Waals surface area contributed by atoms with Crippen molar-refractivity contribution in [2.45, 2.75) is 44.6 Å². The van der Waals surface area contributed by atoms with Gasteiger partial charge in [0, 0.05) is 12.6 Å². The van der Waals surface area contributed by atoms with Crippen LogP contribution in [-0.4, -0.2) is 12.6 Å². The summed E-state index contributed by atoms with van der Waals surface area (Å²) in [7, 11) is 0. The van der Waals surface area contributed by atoms with Gasteiger partial charge in [-0.25, -0.2) is 5.32 Å². The summed E-state index contributed by atoms with van der Waals surface area (Å²) in [6.07, 6.45) is 8.63. The molecular formula is C9H16N. The van der Waals surface area contributed by atoms with Crippen molar-refractivity contribution in [3.8, 4) is 0 Å². The molecule has 1 heteroatoms. The van der Waals surface area contributed by atoms with Crippen LogP contribution in [0.4, 0.5) is 0 Å². The van der Waals surface area contributed by atoms with Gasteiger partial charge in [-0.3, -0.25) is 0 Å². The summed E-state index contributed by atoms with van der Waals surface area (Å²) in [4.78, 5) is 0. The molecule has 1 atom stereocenters. The minimum atomic E-state index is 0.769. The highest BCUT2D eigenvalue weighted by Gasteiger charge is 2.24. The maximum absolute atomic E-state index is 4.56. The van der Waals surface area contributed by atoms with Gasteiger partial charge < -0.3 is 0 Å². The van der Waals surface area contributed by atoms with Crippen molar-refractivity contribution < 1.29 is 0 Å². The van der Waals surface area contributed by atoms with E-state index in [4.69, 9.17) is 0 Å². The summed E-state index contributed by atoms with van der Waals surface area (Å²) < 4.78 is 0. The zero-order valence-electron chi connectivity index (χ0n) is 6.55. The van der Waals surface area contributed by atoms with E-state index in [0.717, 1.165) is 18.5 Å². The molecule has 1 aliphatic heterocycles. The molecule has 1 aliphatic carbocycles. The molecule has 1 radical (unpaired) electrons. The van der Waals surface area contributed by atoms with Gasteiger partial charge in [-0.15, -0.1) is 0 Å². The van der Waals surface area contributed by atoms with Crippen LogP contribution >= 0.6 is 0 Å². The van der Waals surface area contributed by atoms with Crippen LogP contribution < -0.4 is 5.32 Å². The van der Waals surface area contributed by atoms with E-state index >= 15 is 0 Å². The zero-order valence-corrected chi connectivity index (χ0v) is 6.55. The summed E-state index contributed by atoms with van der Waals surface area (Å²) in [5.41, 5.74) is 0. The van der Waals surface area contributed by atoms with Crippen LogP contribution in [0.25, 0.3) is 0 Å². The van der Waals surface area contributed by atoms with Crippen LogP contribution in [0.2, 0.25) is 0 Å². The first kappa shape index (κ1) is 6.66. The Bertz CT molecular complexity index is 101. The molecule has 1 heterocycles. The van der Waals surface area contributed by atoms with Gasteiger partial charge in [-0.1, -0.05) is 19.3 Å². The lowest BCUT2D eigenvalue weighted by atomic mass is 9.81. The molecule has 0 bridgehead atoms. The molecule has 1 saturated carbocycles. The number of hydrogen-bond acceptors (Lipinski definition) is 0. The third-order valence-corrected chi connectivity index (χ3v) is 2.91. The second kappa shape index (κ2) is 2.91. The van der Waals surface area contributed by atoms with Gasteiger partial charge in [0.25, 0.3) is 0 Å². The van der Waals surface area contributed by atoms with E-state index in [1.165, 1.54) is 38.5 Å². The van der Waals surface area contributed by atoms with Gasteiger partial charge in [0.15, 0.2) is 0 Å². The summed E-state index contributed by atoms with van der Waals surface area (Å²) >= 11 is 0. The van der Waals surface area contributed by atoms with Gasteiger partial charge >= 0.3 is 0 Å². The quantitative estimate of drug-likeness (QED) is 0.553. The van der Waals surface area contributed by atoms with E-state index in [1.54, 1.807) is 0 Å². The van der Waals surface area contributed by atoms with E-state index in [1.807, 2.05) is 0 Å². The molecule has 2 rings (SSSR count). The molecule has 0 amide bonds. The molecule has 0 spiro atoms.